The Bertz CT molecular complexity index is 659. The molecule has 1 saturated heterocycles. The van der Waals surface area contributed by atoms with Crippen LogP contribution in [0.25, 0.3) is 0 Å². The standard InChI is InChI=1S/C21H30FN3O2/c1-15-5-2-3-8-19(15)24-20(26)14-25-11-9-18(10-12-25)23-21(27)16-6-4-7-17(22)13-16/h4,6-7,13,15,18-19H,2-3,5,8-12,14H2,1H3,(H,23,27)(H,24,26)/t15-,19+/m0/s1. The van der Waals surface area contributed by atoms with E-state index < -0.39 is 5.82 Å². The van der Waals surface area contributed by atoms with Gasteiger partial charge in [0.2, 0.25) is 5.91 Å². The molecule has 0 bridgehead atoms. The Balaban J connectivity index is 1.39. The first-order valence-electron chi connectivity index (χ1n) is 10.1. The maximum absolute atomic E-state index is 13.2. The molecule has 148 valence electrons. The summed E-state index contributed by atoms with van der Waals surface area (Å²) in [6.07, 6.45) is 6.35. The van der Waals surface area contributed by atoms with E-state index in [9.17, 15) is 14.0 Å². The summed E-state index contributed by atoms with van der Waals surface area (Å²) in [5.41, 5.74) is 0.346. The summed E-state index contributed by atoms with van der Waals surface area (Å²) in [5.74, 6) is 0.0233. The maximum Gasteiger partial charge on any atom is 0.251 e. The van der Waals surface area contributed by atoms with Crippen molar-refractivity contribution >= 4 is 11.8 Å². The Morgan fingerprint density at radius 3 is 2.56 bits per heavy atom. The minimum Gasteiger partial charge on any atom is -0.352 e. The Labute approximate surface area is 160 Å². The van der Waals surface area contributed by atoms with Crippen LogP contribution in [-0.2, 0) is 4.79 Å². The summed E-state index contributed by atoms with van der Waals surface area (Å²) < 4.78 is 13.2. The second kappa shape index (κ2) is 9.31. The number of benzene rings is 1. The predicted octanol–water partition coefficient (Wildman–Crippen LogP) is 2.71. The van der Waals surface area contributed by atoms with Crippen LogP contribution in [0.1, 0.15) is 55.8 Å². The molecule has 2 N–H and O–H groups in total. The van der Waals surface area contributed by atoms with E-state index in [1.54, 1.807) is 12.1 Å². The minimum absolute atomic E-state index is 0.0680. The second-order valence-corrected chi connectivity index (χ2v) is 7.97. The quantitative estimate of drug-likeness (QED) is 0.832. The molecule has 1 saturated carbocycles. The lowest BCUT2D eigenvalue weighted by molar-refractivity contribution is -0.123. The van der Waals surface area contributed by atoms with Crippen molar-refractivity contribution in [3.8, 4) is 0 Å². The summed E-state index contributed by atoms with van der Waals surface area (Å²) in [6.45, 7) is 4.20. The molecule has 2 fully saturated rings. The molecule has 1 aromatic rings. The molecule has 2 amide bonds. The van der Waals surface area contributed by atoms with Crippen LogP contribution in [0.2, 0.25) is 0 Å². The zero-order valence-corrected chi connectivity index (χ0v) is 16.0. The molecule has 2 aliphatic rings. The monoisotopic (exact) mass is 375 g/mol. The molecule has 5 nitrogen and oxygen atoms in total. The van der Waals surface area contributed by atoms with Gasteiger partial charge in [-0.15, -0.1) is 0 Å². The van der Waals surface area contributed by atoms with E-state index in [4.69, 9.17) is 0 Å². The van der Waals surface area contributed by atoms with Gasteiger partial charge in [-0.25, -0.2) is 4.39 Å². The molecule has 1 aliphatic carbocycles. The fourth-order valence-electron chi connectivity index (χ4n) is 4.12. The van der Waals surface area contributed by atoms with E-state index in [-0.39, 0.29) is 17.9 Å². The normalized spacial score (nSPS) is 24.4. The number of nitrogens with zero attached hydrogens (tertiary/aromatic N) is 1. The highest BCUT2D eigenvalue weighted by Gasteiger charge is 2.26. The second-order valence-electron chi connectivity index (χ2n) is 7.97. The van der Waals surface area contributed by atoms with Crippen LogP contribution in [0, 0.1) is 11.7 Å². The number of piperidine rings is 1. The van der Waals surface area contributed by atoms with E-state index in [0.717, 1.165) is 32.4 Å². The number of carbonyl (C=O) groups is 2. The molecule has 1 heterocycles. The number of hydrogen-bond acceptors (Lipinski definition) is 3. The molecule has 0 aromatic heterocycles. The van der Waals surface area contributed by atoms with Crippen molar-refractivity contribution in [1.82, 2.24) is 15.5 Å². The number of amides is 2. The van der Waals surface area contributed by atoms with E-state index >= 15 is 0 Å². The third-order valence-corrected chi connectivity index (χ3v) is 5.83. The number of nitrogens with one attached hydrogen (secondary N) is 2. The van der Waals surface area contributed by atoms with Crippen LogP contribution in [0.5, 0.6) is 0 Å². The van der Waals surface area contributed by atoms with Gasteiger partial charge in [-0.1, -0.05) is 25.8 Å². The highest BCUT2D eigenvalue weighted by molar-refractivity contribution is 5.94. The average Bonchev–Trinajstić information content (AvgIpc) is 2.65. The van der Waals surface area contributed by atoms with Gasteiger partial charge >= 0.3 is 0 Å². The lowest BCUT2D eigenvalue weighted by Crippen LogP contribution is -2.49. The Morgan fingerprint density at radius 2 is 1.85 bits per heavy atom. The molecule has 27 heavy (non-hydrogen) atoms. The van der Waals surface area contributed by atoms with Gasteiger partial charge in [0.25, 0.3) is 5.91 Å². The van der Waals surface area contributed by atoms with Crippen LogP contribution >= 0.6 is 0 Å². The number of likely N-dealkylation sites (tertiary alicyclic amines) is 1. The van der Waals surface area contributed by atoms with Crippen molar-refractivity contribution < 1.29 is 14.0 Å². The Morgan fingerprint density at radius 1 is 1.11 bits per heavy atom. The molecular formula is C21H30FN3O2. The Kier molecular flexibility index (Phi) is 6.83. The molecule has 0 spiro atoms. The largest absolute Gasteiger partial charge is 0.352 e. The van der Waals surface area contributed by atoms with Crippen LogP contribution in [0.15, 0.2) is 24.3 Å². The molecular weight excluding hydrogens is 345 g/mol. The average molecular weight is 375 g/mol. The van der Waals surface area contributed by atoms with Crippen LogP contribution in [0.4, 0.5) is 4.39 Å². The van der Waals surface area contributed by atoms with E-state index in [1.165, 1.54) is 31.4 Å². The van der Waals surface area contributed by atoms with Crippen molar-refractivity contribution in [3.05, 3.63) is 35.6 Å². The number of carbonyl (C=O) groups excluding carboxylic acids is 2. The molecule has 0 radical (unpaired) electrons. The maximum atomic E-state index is 13.2. The molecule has 2 atom stereocenters. The Hall–Kier alpha value is -1.95. The van der Waals surface area contributed by atoms with E-state index in [0.29, 0.717) is 24.1 Å². The van der Waals surface area contributed by atoms with Gasteiger partial charge < -0.3 is 10.6 Å². The third-order valence-electron chi connectivity index (χ3n) is 5.83. The first kappa shape index (κ1) is 19.8. The SMILES string of the molecule is C[C@H]1CCCC[C@H]1NC(=O)CN1CCC(NC(=O)c2cccc(F)c2)CC1. The molecule has 0 unspecified atom stereocenters. The fraction of sp³-hybridized carbons (Fsp3) is 0.619. The van der Waals surface area contributed by atoms with Gasteiger partial charge in [0.15, 0.2) is 0 Å². The minimum atomic E-state index is -0.407. The van der Waals surface area contributed by atoms with Gasteiger partial charge in [-0.3, -0.25) is 14.5 Å². The first-order valence-corrected chi connectivity index (χ1v) is 10.1. The predicted molar refractivity (Wildman–Crippen MR) is 103 cm³/mol. The van der Waals surface area contributed by atoms with Crippen molar-refractivity contribution in [2.45, 2.75) is 57.5 Å². The van der Waals surface area contributed by atoms with Crippen molar-refractivity contribution in [1.29, 1.82) is 0 Å². The molecule has 1 aliphatic heterocycles. The van der Waals surface area contributed by atoms with Crippen LogP contribution in [0.3, 0.4) is 0 Å². The van der Waals surface area contributed by atoms with Crippen molar-refractivity contribution in [3.63, 3.8) is 0 Å². The van der Waals surface area contributed by atoms with Crippen LogP contribution in [-0.4, -0.2) is 48.4 Å². The summed E-state index contributed by atoms with van der Waals surface area (Å²) in [7, 11) is 0. The molecule has 3 rings (SSSR count). The third kappa shape index (κ3) is 5.76. The summed E-state index contributed by atoms with van der Waals surface area (Å²) in [4.78, 5) is 26.7. The van der Waals surface area contributed by atoms with Crippen molar-refractivity contribution in [2.75, 3.05) is 19.6 Å². The van der Waals surface area contributed by atoms with Gasteiger partial charge in [0, 0.05) is 30.7 Å². The van der Waals surface area contributed by atoms with E-state index in [2.05, 4.69) is 22.5 Å². The van der Waals surface area contributed by atoms with Crippen LogP contribution < -0.4 is 10.6 Å². The van der Waals surface area contributed by atoms with Gasteiger partial charge in [-0.05, 0) is 49.8 Å². The lowest BCUT2D eigenvalue weighted by Gasteiger charge is -2.33. The highest BCUT2D eigenvalue weighted by atomic mass is 19.1. The van der Waals surface area contributed by atoms with Gasteiger partial charge in [0.1, 0.15) is 5.82 Å². The molecule has 1 aromatic carbocycles. The zero-order valence-electron chi connectivity index (χ0n) is 16.0. The van der Waals surface area contributed by atoms with Crippen molar-refractivity contribution in [2.24, 2.45) is 5.92 Å². The smallest absolute Gasteiger partial charge is 0.251 e. The molecule has 6 heteroatoms. The number of halogens is 1. The number of hydrogen-bond donors (Lipinski definition) is 2. The highest BCUT2D eigenvalue weighted by Crippen LogP contribution is 2.23. The topological polar surface area (TPSA) is 61.4 Å². The lowest BCUT2D eigenvalue weighted by atomic mass is 9.86. The summed E-state index contributed by atoms with van der Waals surface area (Å²) in [6, 6.07) is 6.12. The first-order chi connectivity index (χ1) is 13.0. The van der Waals surface area contributed by atoms with Gasteiger partial charge in [-0.2, -0.15) is 0 Å². The fourth-order valence-corrected chi connectivity index (χ4v) is 4.12. The zero-order chi connectivity index (χ0) is 19.2. The number of rotatable bonds is 5. The van der Waals surface area contributed by atoms with E-state index in [1.807, 2.05) is 0 Å². The summed E-state index contributed by atoms with van der Waals surface area (Å²) >= 11 is 0. The summed E-state index contributed by atoms with van der Waals surface area (Å²) in [5, 5.41) is 6.18. The van der Waals surface area contributed by atoms with Gasteiger partial charge in [0.05, 0.1) is 6.54 Å².